The van der Waals surface area contributed by atoms with Gasteiger partial charge in [0.15, 0.2) is 0 Å². The zero-order valence-corrected chi connectivity index (χ0v) is 19.9. The minimum absolute atomic E-state index is 0.0241. The summed E-state index contributed by atoms with van der Waals surface area (Å²) >= 11 is 0. The van der Waals surface area contributed by atoms with Gasteiger partial charge in [0.2, 0.25) is 10.0 Å². The fraction of sp³-hybridized carbons (Fsp3) is 0.435. The molecule has 33 heavy (non-hydrogen) atoms. The van der Waals surface area contributed by atoms with Gasteiger partial charge >= 0.3 is 0 Å². The number of hydrogen-bond acceptors (Lipinski definition) is 5. The Kier molecular flexibility index (Phi) is 5.90. The van der Waals surface area contributed by atoms with Crippen LogP contribution in [0.1, 0.15) is 66.2 Å². The van der Waals surface area contributed by atoms with Gasteiger partial charge in [0.25, 0.3) is 11.8 Å². The third kappa shape index (κ3) is 4.57. The van der Waals surface area contributed by atoms with Gasteiger partial charge < -0.3 is 4.90 Å². The van der Waals surface area contributed by atoms with Crippen LogP contribution < -0.4 is 4.72 Å². The van der Waals surface area contributed by atoms with Gasteiger partial charge in [0.05, 0.1) is 34.9 Å². The largest absolute Gasteiger partial charge is 0.330 e. The molecule has 3 heterocycles. The normalized spacial score (nSPS) is 21.2. The highest BCUT2D eigenvalue weighted by Gasteiger charge is 2.36. The number of piperidine rings is 1. The molecule has 1 N–H and O–H groups in total. The third-order valence-electron chi connectivity index (χ3n) is 6.38. The number of anilines is 1. The number of amides is 1. The summed E-state index contributed by atoms with van der Waals surface area (Å²) in [6, 6.07) is 4.84. The van der Waals surface area contributed by atoms with Crippen molar-refractivity contribution in [1.29, 1.82) is 0 Å². The van der Waals surface area contributed by atoms with E-state index in [1.165, 1.54) is 10.7 Å². The molecule has 2 aliphatic heterocycles. The zero-order chi connectivity index (χ0) is 24.1. The lowest BCUT2D eigenvalue weighted by molar-refractivity contribution is 0.0552. The Hall–Kier alpha value is -3.01. The van der Waals surface area contributed by atoms with E-state index in [4.69, 9.17) is 0 Å². The molecule has 1 amide bonds. The smallest absolute Gasteiger partial charge is 0.274 e. The molecule has 0 bridgehead atoms. The van der Waals surface area contributed by atoms with Gasteiger partial charge in [-0.15, -0.1) is 0 Å². The fourth-order valence-electron chi connectivity index (χ4n) is 4.45. The molecule has 0 radical (unpaired) electrons. The summed E-state index contributed by atoms with van der Waals surface area (Å²) < 4.78 is 41.3. The molecular weight excluding hydrogens is 447 g/mol. The number of carbonyl (C=O) groups is 2. The van der Waals surface area contributed by atoms with Crippen LogP contribution in [0.2, 0.25) is 0 Å². The molecule has 0 spiro atoms. The van der Waals surface area contributed by atoms with Crippen LogP contribution in [0.3, 0.4) is 0 Å². The monoisotopic (exact) mass is 474 g/mol. The van der Waals surface area contributed by atoms with Crippen LogP contribution in [0.15, 0.2) is 35.4 Å². The van der Waals surface area contributed by atoms with Crippen LogP contribution in [-0.2, 0) is 16.4 Å². The van der Waals surface area contributed by atoms with Crippen LogP contribution >= 0.6 is 0 Å². The molecule has 0 saturated carbocycles. The van der Waals surface area contributed by atoms with Crippen molar-refractivity contribution < 1.29 is 22.4 Å². The molecule has 2 atom stereocenters. The standard InChI is InChI=1S/C23H27FN4O4S/c1-13-7-8-27(23(30)18-11-16(24)5-6-19(18)26-33(4,31)32)21(9-13)20-12-17-10-14(2)15(3)22(29)28(17)25-20/h5-6,11-13,21,26H,7-10H2,1-4H3/t13-,21+/m0/s1. The summed E-state index contributed by atoms with van der Waals surface area (Å²) in [4.78, 5) is 27.9. The fourth-order valence-corrected chi connectivity index (χ4v) is 5.03. The van der Waals surface area contributed by atoms with Crippen LogP contribution in [0.4, 0.5) is 10.1 Å². The number of likely N-dealkylation sites (tertiary alicyclic amines) is 1. The van der Waals surface area contributed by atoms with E-state index in [9.17, 15) is 22.4 Å². The number of halogens is 1. The maximum Gasteiger partial charge on any atom is 0.274 e. The SMILES string of the molecule is CC1=C(C)C(=O)n2nc([C@H]3C[C@@H](C)CCN3C(=O)c3cc(F)ccc3NS(C)(=O)=O)cc2C1. The van der Waals surface area contributed by atoms with Crippen LogP contribution in [0, 0.1) is 11.7 Å². The molecule has 1 fully saturated rings. The molecule has 0 unspecified atom stereocenters. The maximum absolute atomic E-state index is 14.1. The summed E-state index contributed by atoms with van der Waals surface area (Å²) in [6.45, 7) is 6.19. The Bertz CT molecular complexity index is 1280. The van der Waals surface area contributed by atoms with E-state index in [1.54, 1.807) is 11.8 Å². The second kappa shape index (κ2) is 8.40. The van der Waals surface area contributed by atoms with Crippen LogP contribution in [-0.4, -0.2) is 47.7 Å². The molecule has 1 aromatic heterocycles. The number of sulfonamides is 1. The van der Waals surface area contributed by atoms with Crippen molar-refractivity contribution >= 4 is 27.5 Å². The van der Waals surface area contributed by atoms with E-state index >= 15 is 0 Å². The highest BCUT2D eigenvalue weighted by Crippen LogP contribution is 2.37. The van der Waals surface area contributed by atoms with E-state index in [0.29, 0.717) is 36.6 Å². The van der Waals surface area contributed by atoms with Crippen molar-refractivity contribution in [2.45, 2.75) is 46.1 Å². The topological polar surface area (TPSA) is 101 Å². The predicted octanol–water partition coefficient (Wildman–Crippen LogP) is 3.54. The number of fused-ring (bicyclic) bond motifs is 1. The second-order valence-electron chi connectivity index (χ2n) is 9.07. The molecule has 2 aromatic rings. The second-order valence-corrected chi connectivity index (χ2v) is 10.8. The number of carbonyl (C=O) groups excluding carboxylic acids is 2. The minimum atomic E-state index is -3.67. The third-order valence-corrected chi connectivity index (χ3v) is 6.97. The first-order valence-corrected chi connectivity index (χ1v) is 12.7. The quantitative estimate of drug-likeness (QED) is 0.730. The number of aromatic nitrogens is 2. The first-order chi connectivity index (χ1) is 15.4. The Morgan fingerprint density at radius 3 is 2.67 bits per heavy atom. The number of nitrogens with one attached hydrogen (secondary N) is 1. The van der Waals surface area contributed by atoms with Crippen LogP contribution in [0.25, 0.3) is 0 Å². The Morgan fingerprint density at radius 2 is 1.97 bits per heavy atom. The average molecular weight is 475 g/mol. The van der Waals surface area contributed by atoms with Crippen molar-refractivity contribution in [3.05, 3.63) is 58.2 Å². The van der Waals surface area contributed by atoms with Gasteiger partial charge in [0.1, 0.15) is 5.82 Å². The van der Waals surface area contributed by atoms with Gasteiger partial charge in [-0.05, 0) is 56.9 Å². The minimum Gasteiger partial charge on any atom is -0.330 e. The summed E-state index contributed by atoms with van der Waals surface area (Å²) in [6.07, 6.45) is 2.96. The number of hydrogen-bond donors (Lipinski definition) is 1. The van der Waals surface area contributed by atoms with Gasteiger partial charge in [-0.3, -0.25) is 14.3 Å². The number of allylic oxidation sites excluding steroid dienone is 2. The molecule has 1 aromatic carbocycles. The molecular formula is C23H27FN4O4S. The summed E-state index contributed by atoms with van der Waals surface area (Å²) in [5.74, 6) is -0.984. The summed E-state index contributed by atoms with van der Waals surface area (Å²) in [5, 5.41) is 4.55. The first kappa shape index (κ1) is 23.2. The molecule has 2 aliphatic rings. The number of benzene rings is 1. The molecule has 0 aliphatic carbocycles. The van der Waals surface area contributed by atoms with Crippen molar-refractivity contribution in [3.63, 3.8) is 0 Å². The Morgan fingerprint density at radius 1 is 1.24 bits per heavy atom. The predicted molar refractivity (Wildman–Crippen MR) is 122 cm³/mol. The maximum atomic E-state index is 14.1. The zero-order valence-electron chi connectivity index (χ0n) is 19.1. The van der Waals surface area contributed by atoms with E-state index < -0.39 is 27.8 Å². The summed E-state index contributed by atoms with van der Waals surface area (Å²) in [7, 11) is -3.67. The van der Waals surface area contributed by atoms with Crippen molar-refractivity contribution in [3.8, 4) is 0 Å². The first-order valence-electron chi connectivity index (χ1n) is 10.8. The van der Waals surface area contributed by atoms with E-state index in [1.807, 2.05) is 13.0 Å². The molecule has 4 rings (SSSR count). The highest BCUT2D eigenvalue weighted by molar-refractivity contribution is 7.92. The summed E-state index contributed by atoms with van der Waals surface area (Å²) in [5.41, 5.74) is 2.99. The molecule has 176 valence electrons. The van der Waals surface area contributed by atoms with E-state index in [2.05, 4.69) is 16.7 Å². The van der Waals surface area contributed by atoms with Gasteiger partial charge in [-0.2, -0.15) is 5.10 Å². The Balaban J connectivity index is 1.72. The lowest BCUT2D eigenvalue weighted by Crippen LogP contribution is -2.41. The molecule has 8 nitrogen and oxygen atoms in total. The van der Waals surface area contributed by atoms with Crippen molar-refractivity contribution in [2.24, 2.45) is 5.92 Å². The van der Waals surface area contributed by atoms with E-state index in [0.717, 1.165) is 36.1 Å². The van der Waals surface area contributed by atoms with E-state index in [-0.39, 0.29) is 17.2 Å². The van der Waals surface area contributed by atoms with Crippen LogP contribution in [0.5, 0.6) is 0 Å². The highest BCUT2D eigenvalue weighted by atomic mass is 32.2. The number of rotatable bonds is 4. The lowest BCUT2D eigenvalue weighted by atomic mass is 9.89. The number of nitrogens with zero attached hydrogens (tertiary/aromatic N) is 3. The molecule has 1 saturated heterocycles. The van der Waals surface area contributed by atoms with Gasteiger partial charge in [-0.1, -0.05) is 12.5 Å². The van der Waals surface area contributed by atoms with Crippen molar-refractivity contribution in [2.75, 3.05) is 17.5 Å². The average Bonchev–Trinajstić information content (AvgIpc) is 3.16. The van der Waals surface area contributed by atoms with Crippen molar-refractivity contribution in [1.82, 2.24) is 14.7 Å². The lowest BCUT2D eigenvalue weighted by Gasteiger charge is -2.38. The van der Waals surface area contributed by atoms with Gasteiger partial charge in [0, 0.05) is 18.5 Å². The van der Waals surface area contributed by atoms with Gasteiger partial charge in [-0.25, -0.2) is 17.5 Å². The molecule has 10 heteroatoms. The Labute approximate surface area is 192 Å².